The van der Waals surface area contributed by atoms with Gasteiger partial charge in [-0.05, 0) is 64.7 Å². The van der Waals surface area contributed by atoms with E-state index in [0.717, 1.165) is 76.8 Å². The molecule has 2 amide bonds. The Kier molecular flexibility index (Phi) is 10.3. The number of ether oxygens (including phenoxy) is 2. The zero-order valence-corrected chi connectivity index (χ0v) is 28.6. The Hall–Kier alpha value is -4.56. The van der Waals surface area contributed by atoms with E-state index in [-0.39, 0.29) is 27.7 Å². The third kappa shape index (κ3) is 7.29. The van der Waals surface area contributed by atoms with E-state index in [1.165, 1.54) is 6.07 Å². The van der Waals surface area contributed by atoms with Crippen LogP contribution in [0.15, 0.2) is 42.6 Å². The molecule has 0 spiro atoms. The van der Waals surface area contributed by atoms with Crippen LogP contribution in [-0.4, -0.2) is 57.7 Å². The minimum atomic E-state index is -1.33. The number of nitrogens with zero attached hydrogens (tertiary/aromatic N) is 4. The van der Waals surface area contributed by atoms with Crippen LogP contribution in [0.5, 0.6) is 11.5 Å². The van der Waals surface area contributed by atoms with Crippen LogP contribution in [0.4, 0.5) is 24.3 Å². The van der Waals surface area contributed by atoms with Crippen molar-refractivity contribution in [3.8, 4) is 22.1 Å². The first-order chi connectivity index (χ1) is 22.8. The standard InChI is InChI=1S/C34H40F2N6O5S/c1-34(2,3)42(33(44)45)32-28(40-31(48-32)27-23(35)8-7-9-24(27)36)30(43)39-25-18-38-41(4)29(25)19-10-13-21(14-11-19)37-17-20-12-15-22(46-5)16-26(20)47-6/h7-9,12,15-16,18-19,21,37H,10-11,13-14,17H2,1-6H3,(H,39,43)(H,44,45). The molecular formula is C34H40F2N6O5S. The number of hydrogen-bond donors (Lipinski definition) is 3. The van der Waals surface area contributed by atoms with Crippen LogP contribution in [0, 0.1) is 11.6 Å². The Bertz CT molecular complexity index is 1770. The molecule has 48 heavy (non-hydrogen) atoms. The number of hydrogen-bond acceptors (Lipinski definition) is 8. The van der Waals surface area contributed by atoms with Crippen LogP contribution in [0.25, 0.3) is 10.6 Å². The fourth-order valence-corrected chi connectivity index (χ4v) is 7.43. The van der Waals surface area contributed by atoms with Gasteiger partial charge in [0, 0.05) is 42.7 Å². The van der Waals surface area contributed by atoms with Crippen molar-refractivity contribution in [1.82, 2.24) is 20.1 Å². The molecule has 1 saturated carbocycles. The lowest BCUT2D eigenvalue weighted by molar-refractivity contribution is 0.102. The second-order valence-corrected chi connectivity index (χ2v) is 13.7. The summed E-state index contributed by atoms with van der Waals surface area (Å²) in [6.07, 6.45) is 3.70. The van der Waals surface area contributed by atoms with Crippen molar-refractivity contribution in [3.63, 3.8) is 0 Å². The average Bonchev–Trinajstić information content (AvgIpc) is 3.62. The summed E-state index contributed by atoms with van der Waals surface area (Å²) < 4.78 is 42.1. The van der Waals surface area contributed by atoms with Crippen LogP contribution < -0.4 is 25.0 Å². The predicted molar refractivity (Wildman–Crippen MR) is 180 cm³/mol. The van der Waals surface area contributed by atoms with Crippen molar-refractivity contribution >= 4 is 34.0 Å². The van der Waals surface area contributed by atoms with Gasteiger partial charge < -0.3 is 25.2 Å². The molecular weight excluding hydrogens is 642 g/mol. The van der Waals surface area contributed by atoms with Crippen LogP contribution in [-0.2, 0) is 13.6 Å². The van der Waals surface area contributed by atoms with Gasteiger partial charge in [-0.1, -0.05) is 23.5 Å². The molecule has 3 N–H and O–H groups in total. The molecule has 0 radical (unpaired) electrons. The van der Waals surface area contributed by atoms with E-state index in [1.54, 1.807) is 45.9 Å². The van der Waals surface area contributed by atoms with Crippen molar-refractivity contribution in [2.45, 2.75) is 70.5 Å². The maximum absolute atomic E-state index is 14.8. The van der Waals surface area contributed by atoms with Gasteiger partial charge in [0.1, 0.15) is 33.1 Å². The summed E-state index contributed by atoms with van der Waals surface area (Å²) in [5.74, 6) is -0.865. The molecule has 2 heterocycles. The number of benzene rings is 2. The second kappa shape index (κ2) is 14.3. The van der Waals surface area contributed by atoms with Gasteiger partial charge in [-0.2, -0.15) is 5.10 Å². The monoisotopic (exact) mass is 682 g/mol. The highest BCUT2D eigenvalue weighted by Crippen LogP contribution is 2.41. The van der Waals surface area contributed by atoms with E-state index >= 15 is 0 Å². The number of nitrogens with one attached hydrogen (secondary N) is 2. The first-order valence-corrected chi connectivity index (χ1v) is 16.4. The molecule has 0 aliphatic heterocycles. The Labute approximate surface area is 281 Å². The molecule has 14 heteroatoms. The highest BCUT2D eigenvalue weighted by molar-refractivity contribution is 7.19. The van der Waals surface area contributed by atoms with Crippen molar-refractivity contribution in [2.75, 3.05) is 24.4 Å². The molecule has 1 fully saturated rings. The molecule has 5 rings (SSSR count). The maximum atomic E-state index is 14.8. The number of rotatable bonds is 10. The lowest BCUT2D eigenvalue weighted by Gasteiger charge is -2.32. The summed E-state index contributed by atoms with van der Waals surface area (Å²) in [5.41, 5.74) is 0.654. The third-order valence-corrected chi connectivity index (χ3v) is 9.55. The number of thiazole rings is 1. The normalized spacial score (nSPS) is 16.4. The van der Waals surface area contributed by atoms with Crippen molar-refractivity contribution in [2.24, 2.45) is 7.05 Å². The average molecular weight is 683 g/mol. The summed E-state index contributed by atoms with van der Waals surface area (Å²) in [7, 11) is 5.06. The number of carboxylic acid groups (broad SMARTS) is 1. The second-order valence-electron chi connectivity index (χ2n) is 12.7. The number of halogens is 2. The molecule has 0 bridgehead atoms. The molecule has 4 aromatic rings. The first-order valence-electron chi connectivity index (χ1n) is 15.6. The Morgan fingerprint density at radius 2 is 1.77 bits per heavy atom. The lowest BCUT2D eigenvalue weighted by atomic mass is 9.83. The van der Waals surface area contributed by atoms with Crippen LogP contribution in [0.1, 0.15) is 74.1 Å². The number of aromatic nitrogens is 3. The quantitative estimate of drug-likeness (QED) is 0.160. The number of amides is 2. The SMILES string of the molecule is COc1ccc(CNC2CCC(c3c(NC(=O)c4nc(-c5c(F)cccc5F)sc4N(C(=O)O)C(C)(C)C)cnn3C)CC2)c(OC)c1. The molecule has 0 unspecified atom stereocenters. The molecule has 1 aliphatic carbocycles. The smallest absolute Gasteiger partial charge is 0.413 e. The molecule has 1 aliphatic rings. The van der Waals surface area contributed by atoms with E-state index in [0.29, 0.717) is 12.2 Å². The molecule has 2 aromatic heterocycles. The number of carbonyl (C=O) groups excluding carboxylic acids is 1. The number of aryl methyl sites for hydroxylation is 1. The van der Waals surface area contributed by atoms with Crippen LogP contribution in [0.3, 0.4) is 0 Å². The fraction of sp³-hybridized carbons (Fsp3) is 0.412. The molecule has 2 aromatic carbocycles. The Morgan fingerprint density at radius 1 is 1.08 bits per heavy atom. The van der Waals surface area contributed by atoms with Gasteiger partial charge in [-0.15, -0.1) is 0 Å². The summed E-state index contributed by atoms with van der Waals surface area (Å²) in [6, 6.07) is 9.43. The zero-order valence-electron chi connectivity index (χ0n) is 27.8. The van der Waals surface area contributed by atoms with Gasteiger partial charge in [0.25, 0.3) is 5.91 Å². The first kappa shape index (κ1) is 34.8. The van der Waals surface area contributed by atoms with Crippen molar-refractivity contribution in [3.05, 3.63) is 71.2 Å². The molecule has 0 saturated heterocycles. The van der Waals surface area contributed by atoms with Gasteiger partial charge in [0.05, 0.1) is 37.4 Å². The number of carbonyl (C=O) groups is 2. The Balaban J connectivity index is 1.35. The summed E-state index contributed by atoms with van der Waals surface area (Å²) in [5, 5.41) is 20.9. The van der Waals surface area contributed by atoms with Crippen LogP contribution in [0.2, 0.25) is 0 Å². The van der Waals surface area contributed by atoms with Gasteiger partial charge >= 0.3 is 6.09 Å². The summed E-state index contributed by atoms with van der Waals surface area (Å²) >= 11 is 0.739. The number of anilines is 2. The third-order valence-electron chi connectivity index (χ3n) is 8.49. The molecule has 0 atom stereocenters. The van der Waals surface area contributed by atoms with Crippen LogP contribution >= 0.6 is 11.3 Å². The van der Waals surface area contributed by atoms with E-state index in [9.17, 15) is 23.5 Å². The minimum Gasteiger partial charge on any atom is -0.497 e. The molecule has 11 nitrogen and oxygen atoms in total. The lowest BCUT2D eigenvalue weighted by Crippen LogP contribution is -2.45. The topological polar surface area (TPSA) is 131 Å². The highest BCUT2D eigenvalue weighted by Gasteiger charge is 2.36. The van der Waals surface area contributed by atoms with E-state index in [1.807, 2.05) is 25.2 Å². The minimum absolute atomic E-state index is 0.0457. The van der Waals surface area contributed by atoms with Gasteiger partial charge in [-0.3, -0.25) is 14.4 Å². The van der Waals surface area contributed by atoms with Gasteiger partial charge in [-0.25, -0.2) is 18.6 Å². The fourth-order valence-electron chi connectivity index (χ4n) is 6.13. The van der Waals surface area contributed by atoms with Gasteiger partial charge in [0.2, 0.25) is 0 Å². The number of methoxy groups -OCH3 is 2. The van der Waals surface area contributed by atoms with E-state index < -0.39 is 34.7 Å². The maximum Gasteiger partial charge on any atom is 0.413 e. The van der Waals surface area contributed by atoms with E-state index in [4.69, 9.17) is 9.47 Å². The molecule has 256 valence electrons. The summed E-state index contributed by atoms with van der Waals surface area (Å²) in [4.78, 5) is 31.6. The van der Waals surface area contributed by atoms with Crippen molar-refractivity contribution in [1.29, 1.82) is 0 Å². The summed E-state index contributed by atoms with van der Waals surface area (Å²) in [6.45, 7) is 5.61. The predicted octanol–water partition coefficient (Wildman–Crippen LogP) is 7.19. The largest absolute Gasteiger partial charge is 0.497 e. The van der Waals surface area contributed by atoms with E-state index in [2.05, 4.69) is 20.7 Å². The van der Waals surface area contributed by atoms with Gasteiger partial charge in [0.15, 0.2) is 5.69 Å². The zero-order chi connectivity index (χ0) is 34.7. The van der Waals surface area contributed by atoms with Crippen molar-refractivity contribution < 1.29 is 33.0 Å². The highest BCUT2D eigenvalue weighted by atomic mass is 32.1. The Morgan fingerprint density at radius 3 is 2.38 bits per heavy atom.